The zero-order valence-corrected chi connectivity index (χ0v) is 12.1. The monoisotopic (exact) mass is 349 g/mol. The van der Waals surface area contributed by atoms with E-state index in [1.54, 1.807) is 11.3 Å². The van der Waals surface area contributed by atoms with Crippen LogP contribution in [0.1, 0.15) is 11.9 Å². The van der Waals surface area contributed by atoms with Gasteiger partial charge in [-0.05, 0) is 6.92 Å². The number of halogens is 1. The quantitative estimate of drug-likeness (QED) is 0.500. The predicted octanol–water partition coefficient (Wildman–Crippen LogP) is -0.750. The summed E-state index contributed by atoms with van der Waals surface area (Å²) < 4.78 is 14.3. The van der Waals surface area contributed by atoms with Crippen molar-refractivity contribution in [2.75, 3.05) is 6.79 Å². The maximum absolute atomic E-state index is 5.38. The van der Waals surface area contributed by atoms with Gasteiger partial charge in [0.1, 0.15) is 11.2 Å². The van der Waals surface area contributed by atoms with E-state index in [9.17, 15) is 0 Å². The Balaban J connectivity index is 0.000000963. The number of ether oxygens (including phenoxy) is 2. The molecule has 0 saturated heterocycles. The van der Waals surface area contributed by atoms with Crippen LogP contribution >= 0.6 is 11.3 Å². The van der Waals surface area contributed by atoms with Crippen LogP contribution in [0.5, 0.6) is 11.5 Å². The zero-order chi connectivity index (χ0) is 10.4. The maximum Gasteiger partial charge on any atom is 0.235 e. The molecule has 2 aromatic rings. The molecule has 5 heteroatoms. The Hall–Kier alpha value is -0.560. The van der Waals surface area contributed by atoms with Crippen molar-refractivity contribution in [1.82, 2.24) is 0 Å². The Morgan fingerprint density at radius 2 is 2.00 bits per heavy atom. The van der Waals surface area contributed by atoms with E-state index in [1.807, 2.05) is 0 Å². The second-order valence-electron chi connectivity index (χ2n) is 3.54. The van der Waals surface area contributed by atoms with Crippen LogP contribution < -0.4 is 38.0 Å². The average molecular weight is 349 g/mol. The van der Waals surface area contributed by atoms with Gasteiger partial charge in [0.2, 0.25) is 17.3 Å². The van der Waals surface area contributed by atoms with Crippen molar-refractivity contribution in [3.05, 3.63) is 17.1 Å². The van der Waals surface area contributed by atoms with Gasteiger partial charge in [0.15, 0.2) is 11.5 Å². The first-order valence-corrected chi connectivity index (χ1v) is 5.84. The Bertz CT molecular complexity index is 538. The van der Waals surface area contributed by atoms with Gasteiger partial charge in [-0.15, -0.1) is 0 Å². The molecule has 0 spiro atoms. The molecule has 0 N–H and O–H groups in total. The second kappa shape index (κ2) is 4.37. The highest BCUT2D eigenvalue weighted by Crippen LogP contribution is 2.37. The van der Waals surface area contributed by atoms with Crippen molar-refractivity contribution in [1.29, 1.82) is 0 Å². The van der Waals surface area contributed by atoms with Gasteiger partial charge in [-0.1, -0.05) is 11.3 Å². The van der Waals surface area contributed by atoms with E-state index in [2.05, 4.69) is 30.5 Å². The van der Waals surface area contributed by atoms with Crippen molar-refractivity contribution >= 4 is 21.6 Å². The number of thiazole rings is 1. The summed E-state index contributed by atoms with van der Waals surface area (Å²) in [6, 6.07) is 4.14. The third-order valence-corrected chi connectivity index (χ3v) is 3.76. The number of benzene rings is 1. The molecule has 2 heterocycles. The van der Waals surface area contributed by atoms with Crippen molar-refractivity contribution in [2.45, 2.75) is 20.4 Å². The Morgan fingerprint density at radius 3 is 2.69 bits per heavy atom. The molecule has 16 heavy (non-hydrogen) atoms. The molecule has 0 saturated carbocycles. The molecule has 86 valence electrons. The minimum Gasteiger partial charge on any atom is -1.00 e. The van der Waals surface area contributed by atoms with Crippen LogP contribution in [-0.4, -0.2) is 6.79 Å². The van der Waals surface area contributed by atoms with E-state index in [0.29, 0.717) is 6.79 Å². The third-order valence-electron chi connectivity index (χ3n) is 2.70. The highest BCUT2D eigenvalue weighted by molar-refractivity contribution is 7.18. The van der Waals surface area contributed by atoms with E-state index in [-0.39, 0.29) is 24.0 Å². The molecule has 0 atom stereocenters. The van der Waals surface area contributed by atoms with Crippen LogP contribution in [0.25, 0.3) is 10.2 Å². The first kappa shape index (κ1) is 11.9. The van der Waals surface area contributed by atoms with E-state index in [0.717, 1.165) is 18.0 Å². The molecule has 0 radical (unpaired) electrons. The summed E-state index contributed by atoms with van der Waals surface area (Å²) in [6.07, 6.45) is 0. The van der Waals surface area contributed by atoms with E-state index < -0.39 is 0 Å². The summed E-state index contributed by atoms with van der Waals surface area (Å²) >= 11 is 1.80. The fourth-order valence-electron chi connectivity index (χ4n) is 1.98. The first-order chi connectivity index (χ1) is 7.29. The lowest BCUT2D eigenvalue weighted by atomic mass is 10.3. The summed E-state index contributed by atoms with van der Waals surface area (Å²) in [7, 11) is 0. The molecule has 0 aliphatic carbocycles. The standard InChI is InChI=1S/C11H12NO2S.HI/c1-3-12-7(2)15-11-5-10-9(4-8(11)12)13-6-14-10;/h4-5H,3,6H2,1-2H3;1H/q+1;/p-1. The molecule has 1 aromatic carbocycles. The predicted molar refractivity (Wildman–Crippen MR) is 58.6 cm³/mol. The number of nitrogens with zero attached hydrogens (tertiary/aromatic N) is 1. The molecule has 0 amide bonds. The number of aryl methyl sites for hydroxylation is 2. The van der Waals surface area contributed by atoms with Crippen LogP contribution in [0.4, 0.5) is 0 Å². The van der Waals surface area contributed by atoms with Crippen LogP contribution in [0, 0.1) is 6.92 Å². The summed E-state index contributed by atoms with van der Waals surface area (Å²) in [5.74, 6) is 1.73. The highest BCUT2D eigenvalue weighted by atomic mass is 127. The molecule has 3 rings (SSSR count). The molecule has 0 fully saturated rings. The number of hydrogen-bond acceptors (Lipinski definition) is 3. The maximum atomic E-state index is 5.38. The summed E-state index contributed by atoms with van der Waals surface area (Å²) in [5.41, 5.74) is 1.24. The molecule has 3 nitrogen and oxygen atoms in total. The second-order valence-corrected chi connectivity index (χ2v) is 4.77. The average Bonchev–Trinajstić information content (AvgIpc) is 2.76. The van der Waals surface area contributed by atoms with Gasteiger partial charge < -0.3 is 33.5 Å². The summed E-state index contributed by atoms with van der Waals surface area (Å²) in [6.45, 7) is 5.63. The smallest absolute Gasteiger partial charge is 0.235 e. The minimum absolute atomic E-state index is 0. The lowest BCUT2D eigenvalue weighted by molar-refractivity contribution is -0.669. The topological polar surface area (TPSA) is 22.3 Å². The molecule has 1 aliphatic rings. The van der Waals surface area contributed by atoms with E-state index in [4.69, 9.17) is 9.47 Å². The van der Waals surface area contributed by atoms with Gasteiger partial charge in [-0.2, -0.15) is 4.57 Å². The number of aromatic nitrogens is 1. The number of fused-ring (bicyclic) bond motifs is 2. The van der Waals surface area contributed by atoms with Crippen molar-refractivity contribution < 1.29 is 38.0 Å². The van der Waals surface area contributed by atoms with Gasteiger partial charge in [-0.25, -0.2) is 0 Å². The van der Waals surface area contributed by atoms with Gasteiger partial charge >= 0.3 is 0 Å². The van der Waals surface area contributed by atoms with Gasteiger partial charge in [0, 0.05) is 13.0 Å². The zero-order valence-electron chi connectivity index (χ0n) is 9.12. The number of rotatable bonds is 1. The lowest BCUT2D eigenvalue weighted by Crippen LogP contribution is -3.00. The van der Waals surface area contributed by atoms with Crippen molar-refractivity contribution in [3.63, 3.8) is 0 Å². The molecule has 1 aromatic heterocycles. The molecule has 0 bridgehead atoms. The fraction of sp³-hybridized carbons (Fsp3) is 0.364. The SMILES string of the molecule is CC[n+]1c(C)sc2cc3c(cc21)OCO3.[I-]. The van der Waals surface area contributed by atoms with Crippen molar-refractivity contribution in [2.24, 2.45) is 0 Å². The van der Waals surface area contributed by atoms with Crippen LogP contribution in [0.2, 0.25) is 0 Å². The van der Waals surface area contributed by atoms with E-state index in [1.165, 1.54) is 15.2 Å². The number of hydrogen-bond donors (Lipinski definition) is 0. The van der Waals surface area contributed by atoms with Gasteiger partial charge in [0.05, 0.1) is 6.07 Å². The first-order valence-electron chi connectivity index (χ1n) is 5.02. The Labute approximate surface area is 115 Å². The fourth-order valence-corrected chi connectivity index (χ4v) is 3.08. The van der Waals surface area contributed by atoms with Crippen LogP contribution in [-0.2, 0) is 6.54 Å². The third kappa shape index (κ3) is 1.66. The molecule has 0 unspecified atom stereocenters. The highest BCUT2D eigenvalue weighted by Gasteiger charge is 2.22. The summed E-state index contributed by atoms with van der Waals surface area (Å²) in [5, 5.41) is 1.32. The van der Waals surface area contributed by atoms with Crippen LogP contribution in [0.3, 0.4) is 0 Å². The lowest BCUT2D eigenvalue weighted by Gasteiger charge is -1.94. The molecular formula is C11H12INO2S. The summed E-state index contributed by atoms with van der Waals surface area (Å²) in [4.78, 5) is 0. The van der Waals surface area contributed by atoms with E-state index >= 15 is 0 Å². The van der Waals surface area contributed by atoms with Crippen molar-refractivity contribution in [3.8, 4) is 11.5 Å². The van der Waals surface area contributed by atoms with Gasteiger partial charge in [-0.3, -0.25) is 0 Å². The molecular weight excluding hydrogens is 337 g/mol. The minimum atomic E-state index is 0. The van der Waals surface area contributed by atoms with Gasteiger partial charge in [0.25, 0.3) is 0 Å². The Kier molecular flexibility index (Phi) is 3.25. The largest absolute Gasteiger partial charge is 1.00 e. The Morgan fingerprint density at radius 1 is 1.31 bits per heavy atom. The molecule has 1 aliphatic heterocycles. The van der Waals surface area contributed by atoms with Crippen LogP contribution in [0.15, 0.2) is 12.1 Å². The normalized spacial score (nSPS) is 12.9.